The van der Waals surface area contributed by atoms with Crippen LogP contribution in [0.25, 0.3) is 0 Å². The Morgan fingerprint density at radius 2 is 1.81 bits per heavy atom. The molecule has 0 saturated carbocycles. The topological polar surface area (TPSA) is 36.1 Å². The van der Waals surface area contributed by atoms with Gasteiger partial charge < -0.3 is 5.11 Å². The SMILES string of the molecule is C[N+](C)=CO.Cc1ccnc(C)c1.[Cl][Pt][Cl]. The van der Waals surface area contributed by atoms with Crippen molar-refractivity contribution in [3.63, 3.8) is 0 Å². The van der Waals surface area contributed by atoms with Crippen LogP contribution in [0.15, 0.2) is 18.3 Å². The average molecular weight is 447 g/mol. The number of pyridine rings is 1. The molecule has 0 amide bonds. The predicted octanol–water partition coefficient (Wildman–Crippen LogP) is 2.92. The summed E-state index contributed by atoms with van der Waals surface area (Å²) in [5.41, 5.74) is 2.36. The van der Waals surface area contributed by atoms with Gasteiger partial charge in [0.25, 0.3) is 0 Å². The van der Waals surface area contributed by atoms with Gasteiger partial charge in [0.2, 0.25) is 0 Å². The Morgan fingerprint density at radius 1 is 1.38 bits per heavy atom. The van der Waals surface area contributed by atoms with Crippen LogP contribution in [0.2, 0.25) is 0 Å². The maximum atomic E-state index is 7.94. The molecule has 0 aliphatic heterocycles. The summed E-state index contributed by atoms with van der Waals surface area (Å²) in [5.74, 6) is 0. The molecule has 1 aromatic heterocycles. The number of aliphatic hydroxyl groups excluding tert-OH is 1. The summed E-state index contributed by atoms with van der Waals surface area (Å²) in [4.78, 5) is 4.04. The fourth-order valence-electron chi connectivity index (χ4n) is 0.687. The second kappa shape index (κ2) is 13.0. The third kappa shape index (κ3) is 16.3. The van der Waals surface area contributed by atoms with E-state index >= 15 is 0 Å². The van der Waals surface area contributed by atoms with Crippen molar-refractivity contribution in [2.45, 2.75) is 13.8 Å². The molecule has 16 heavy (non-hydrogen) atoms. The van der Waals surface area contributed by atoms with Gasteiger partial charge in [-0.3, -0.25) is 4.98 Å². The summed E-state index contributed by atoms with van der Waals surface area (Å²) in [6.45, 7) is 4.06. The molecule has 0 aliphatic rings. The van der Waals surface area contributed by atoms with E-state index in [0.29, 0.717) is 0 Å². The van der Waals surface area contributed by atoms with E-state index in [9.17, 15) is 0 Å². The Morgan fingerprint density at radius 3 is 2.00 bits per heavy atom. The molecule has 0 spiro atoms. The van der Waals surface area contributed by atoms with Crippen LogP contribution in [0.3, 0.4) is 0 Å². The van der Waals surface area contributed by atoms with Gasteiger partial charge in [0, 0.05) is 11.9 Å². The molecule has 6 heteroatoms. The van der Waals surface area contributed by atoms with Gasteiger partial charge in [0.1, 0.15) is 14.1 Å². The summed E-state index contributed by atoms with van der Waals surface area (Å²) in [6.07, 6.45) is 2.82. The van der Waals surface area contributed by atoms with Crippen molar-refractivity contribution in [2.75, 3.05) is 14.1 Å². The van der Waals surface area contributed by atoms with Gasteiger partial charge in [0.05, 0.1) is 0 Å². The Labute approximate surface area is 114 Å². The molecule has 1 heterocycles. The van der Waals surface area contributed by atoms with E-state index in [1.807, 2.05) is 19.2 Å². The number of aliphatic hydroxyl groups is 1. The quantitative estimate of drug-likeness (QED) is 0.377. The number of halogens is 2. The van der Waals surface area contributed by atoms with Crippen molar-refractivity contribution in [1.29, 1.82) is 0 Å². The van der Waals surface area contributed by atoms with E-state index in [2.05, 4.69) is 18.0 Å². The van der Waals surface area contributed by atoms with E-state index in [1.54, 1.807) is 18.7 Å². The average Bonchev–Trinajstić information content (AvgIpc) is 2.19. The third-order valence-corrected chi connectivity index (χ3v) is 1.28. The van der Waals surface area contributed by atoms with Crippen molar-refractivity contribution in [2.24, 2.45) is 0 Å². The van der Waals surface area contributed by atoms with Crippen LogP contribution in [0, 0.1) is 13.8 Å². The van der Waals surface area contributed by atoms with E-state index in [4.69, 9.17) is 23.9 Å². The molecule has 3 nitrogen and oxygen atoms in total. The number of hydrogen-bond acceptors (Lipinski definition) is 1. The summed E-state index contributed by atoms with van der Waals surface area (Å²) >= 11 is -0.472. The molecule has 0 radical (unpaired) electrons. The van der Waals surface area contributed by atoms with Crippen LogP contribution in [0.1, 0.15) is 11.3 Å². The summed E-state index contributed by atoms with van der Waals surface area (Å²) < 4.78 is 1.56. The van der Waals surface area contributed by atoms with Crippen molar-refractivity contribution in [3.05, 3.63) is 29.6 Å². The van der Waals surface area contributed by atoms with E-state index in [-0.39, 0.29) is 0 Å². The number of rotatable bonds is 0. The summed E-state index contributed by atoms with van der Waals surface area (Å²) in [6, 6.07) is 4.05. The monoisotopic (exact) mass is 446 g/mol. The number of hydrogen-bond donors (Lipinski definition) is 1. The molecule has 1 N–H and O–H groups in total. The predicted molar refractivity (Wildman–Crippen MR) is 66.2 cm³/mol. The fraction of sp³-hybridized carbons (Fsp3) is 0.400. The molecule has 0 fully saturated rings. The van der Waals surface area contributed by atoms with Gasteiger partial charge in [-0.25, -0.2) is 4.58 Å². The van der Waals surface area contributed by atoms with Gasteiger partial charge in [-0.2, -0.15) is 0 Å². The first-order valence-corrected chi connectivity index (χ1v) is 9.96. The Kier molecular flexibility index (Phi) is 14.8. The Bertz CT molecular complexity index is 287. The molecule has 0 saturated heterocycles. The first kappa shape index (κ1) is 18.3. The van der Waals surface area contributed by atoms with E-state index in [1.165, 1.54) is 5.56 Å². The molecule has 1 rings (SSSR count). The number of aromatic nitrogens is 1. The van der Waals surface area contributed by atoms with Crippen molar-refractivity contribution >= 4 is 25.2 Å². The van der Waals surface area contributed by atoms with Crippen LogP contribution in [0.4, 0.5) is 0 Å². The van der Waals surface area contributed by atoms with Crippen LogP contribution < -0.4 is 0 Å². The third-order valence-electron chi connectivity index (χ3n) is 1.28. The van der Waals surface area contributed by atoms with Crippen LogP contribution in [0.5, 0.6) is 0 Å². The molecule has 1 aromatic rings. The molecule has 0 bridgehead atoms. The second-order valence-electron chi connectivity index (χ2n) is 3.10. The maximum absolute atomic E-state index is 7.94. The summed E-state index contributed by atoms with van der Waals surface area (Å²) in [7, 11) is 13.2. The van der Waals surface area contributed by atoms with Crippen molar-refractivity contribution in [3.8, 4) is 0 Å². The minimum absolute atomic E-state index is 0.472. The van der Waals surface area contributed by atoms with Gasteiger partial charge in [-0.1, -0.05) is 0 Å². The number of aryl methyl sites for hydroxylation is 2. The standard InChI is InChI=1S/C7H9N.C3H7NO.2ClH.Pt/c1-6-3-4-8-7(2)5-6;1-4(2)3-5;;;/h3-5H,1-2H3;3H,1-2H3;2*1H;/q;;;;+2/p-1. The van der Waals surface area contributed by atoms with Crippen LogP contribution in [-0.2, 0) is 16.5 Å². The van der Waals surface area contributed by atoms with Crippen molar-refractivity contribution < 1.29 is 26.2 Å². The first-order chi connectivity index (χ1) is 7.47. The normalized spacial score (nSPS) is 8.12. The van der Waals surface area contributed by atoms with Gasteiger partial charge in [-0.05, 0) is 31.5 Å². The fourth-order valence-corrected chi connectivity index (χ4v) is 0.687. The Balaban J connectivity index is 0. The molecular formula is C10H17Cl2N2OPt+. The second-order valence-corrected chi connectivity index (χ2v) is 6.38. The zero-order valence-electron chi connectivity index (χ0n) is 9.72. The molecule has 0 aromatic carbocycles. The molecular weight excluding hydrogens is 430 g/mol. The Hall–Kier alpha value is -0.112. The molecule has 0 unspecified atom stereocenters. The molecule has 96 valence electrons. The van der Waals surface area contributed by atoms with Gasteiger partial charge in [0.15, 0.2) is 0 Å². The van der Waals surface area contributed by atoms with E-state index in [0.717, 1.165) is 12.1 Å². The number of nitrogens with zero attached hydrogens (tertiary/aromatic N) is 2. The first-order valence-electron chi connectivity index (χ1n) is 4.33. The summed E-state index contributed by atoms with van der Waals surface area (Å²) in [5, 5.41) is 7.94. The van der Waals surface area contributed by atoms with Gasteiger partial charge in [-0.15, -0.1) is 0 Å². The van der Waals surface area contributed by atoms with Crippen LogP contribution >= 0.6 is 18.8 Å². The van der Waals surface area contributed by atoms with E-state index < -0.39 is 16.5 Å². The molecule has 0 atom stereocenters. The van der Waals surface area contributed by atoms with Crippen LogP contribution in [-0.4, -0.2) is 35.2 Å². The zero-order chi connectivity index (χ0) is 13.0. The minimum atomic E-state index is -0.472. The van der Waals surface area contributed by atoms with Crippen molar-refractivity contribution in [1.82, 2.24) is 4.98 Å². The zero-order valence-corrected chi connectivity index (χ0v) is 13.5. The van der Waals surface area contributed by atoms with Gasteiger partial charge >= 0.3 is 41.7 Å². The molecule has 0 aliphatic carbocycles.